The molecule has 104 valence electrons. The van der Waals surface area contributed by atoms with Crippen molar-refractivity contribution in [2.24, 2.45) is 0 Å². The quantitative estimate of drug-likeness (QED) is 0.852. The zero-order valence-corrected chi connectivity index (χ0v) is 12.5. The van der Waals surface area contributed by atoms with Crippen molar-refractivity contribution in [2.75, 3.05) is 21.2 Å². The molecular formula is C15H20ClNO2. The molecule has 4 heteroatoms. The van der Waals surface area contributed by atoms with Crippen LogP contribution in [0.15, 0.2) is 18.2 Å². The van der Waals surface area contributed by atoms with E-state index >= 15 is 0 Å². The Morgan fingerprint density at radius 1 is 1.26 bits per heavy atom. The zero-order valence-electron chi connectivity index (χ0n) is 11.7. The van der Waals surface area contributed by atoms with Crippen LogP contribution in [-0.2, 0) is 10.3 Å². The van der Waals surface area contributed by atoms with E-state index < -0.39 is 0 Å². The van der Waals surface area contributed by atoms with E-state index in [4.69, 9.17) is 16.3 Å². The number of halogens is 1. The van der Waals surface area contributed by atoms with Gasteiger partial charge in [0.05, 0.1) is 12.6 Å². The first-order chi connectivity index (χ1) is 8.99. The maximum Gasteiger partial charge on any atom is 0.133 e. The van der Waals surface area contributed by atoms with Crippen LogP contribution >= 0.6 is 11.6 Å². The van der Waals surface area contributed by atoms with Gasteiger partial charge in [0.2, 0.25) is 0 Å². The SMILES string of the molecule is COc1ccc(Cl)cc1C1(N(C)C)CCC(=O)CC1. The molecule has 2 rings (SSSR count). The summed E-state index contributed by atoms with van der Waals surface area (Å²) in [5.41, 5.74) is 0.921. The topological polar surface area (TPSA) is 29.5 Å². The third-order valence-corrected chi connectivity index (χ3v) is 4.39. The van der Waals surface area contributed by atoms with Crippen LogP contribution < -0.4 is 4.74 Å². The van der Waals surface area contributed by atoms with Gasteiger partial charge < -0.3 is 4.74 Å². The fourth-order valence-corrected chi connectivity index (χ4v) is 3.12. The van der Waals surface area contributed by atoms with Crippen LogP contribution in [0.3, 0.4) is 0 Å². The van der Waals surface area contributed by atoms with E-state index in [0.717, 1.165) is 24.2 Å². The van der Waals surface area contributed by atoms with Gasteiger partial charge in [0.1, 0.15) is 11.5 Å². The lowest BCUT2D eigenvalue weighted by atomic mass is 9.75. The lowest BCUT2D eigenvalue weighted by molar-refractivity contribution is -0.122. The number of nitrogens with zero attached hydrogens (tertiary/aromatic N) is 1. The second kappa shape index (κ2) is 5.51. The standard InChI is InChI=1S/C15H20ClNO2/c1-17(2)15(8-6-12(18)7-9-15)13-10-11(16)4-5-14(13)19-3/h4-5,10H,6-9H2,1-3H3. The van der Waals surface area contributed by atoms with Gasteiger partial charge in [0.25, 0.3) is 0 Å². The van der Waals surface area contributed by atoms with Crippen LogP contribution in [0, 0.1) is 0 Å². The Morgan fingerprint density at radius 2 is 1.89 bits per heavy atom. The molecule has 0 atom stereocenters. The number of hydrogen-bond acceptors (Lipinski definition) is 3. The lowest BCUT2D eigenvalue weighted by Crippen LogP contribution is -2.44. The van der Waals surface area contributed by atoms with Gasteiger partial charge in [-0.15, -0.1) is 0 Å². The number of methoxy groups -OCH3 is 1. The van der Waals surface area contributed by atoms with E-state index in [-0.39, 0.29) is 5.54 Å². The second-order valence-corrected chi connectivity index (χ2v) is 5.75. The Labute approximate surface area is 119 Å². The fraction of sp³-hybridized carbons (Fsp3) is 0.533. The first kappa shape index (κ1) is 14.4. The molecule has 3 nitrogen and oxygen atoms in total. The van der Waals surface area contributed by atoms with Gasteiger partial charge in [0.15, 0.2) is 0 Å². The minimum absolute atomic E-state index is 0.163. The van der Waals surface area contributed by atoms with Crippen molar-refractivity contribution in [1.29, 1.82) is 0 Å². The minimum Gasteiger partial charge on any atom is -0.496 e. The zero-order chi connectivity index (χ0) is 14.0. The molecule has 1 aliphatic rings. The van der Waals surface area contributed by atoms with Crippen LogP contribution in [0.1, 0.15) is 31.2 Å². The number of carbonyl (C=O) groups is 1. The Kier molecular flexibility index (Phi) is 4.16. The largest absolute Gasteiger partial charge is 0.496 e. The van der Waals surface area contributed by atoms with E-state index in [0.29, 0.717) is 23.6 Å². The van der Waals surface area contributed by atoms with Crippen LogP contribution in [-0.4, -0.2) is 31.9 Å². The van der Waals surface area contributed by atoms with Crippen molar-refractivity contribution in [3.8, 4) is 5.75 Å². The third-order valence-electron chi connectivity index (χ3n) is 4.15. The predicted molar refractivity (Wildman–Crippen MR) is 76.8 cm³/mol. The summed E-state index contributed by atoms with van der Waals surface area (Å²) in [7, 11) is 5.77. The van der Waals surface area contributed by atoms with Gasteiger partial charge in [-0.1, -0.05) is 11.6 Å². The molecule has 0 N–H and O–H groups in total. The number of rotatable bonds is 3. The maximum atomic E-state index is 11.6. The average molecular weight is 282 g/mol. The molecule has 19 heavy (non-hydrogen) atoms. The summed E-state index contributed by atoms with van der Waals surface area (Å²) in [5.74, 6) is 1.19. The number of ether oxygens (including phenoxy) is 1. The van der Waals surface area contributed by atoms with E-state index in [9.17, 15) is 4.79 Å². The Balaban J connectivity index is 2.50. The lowest BCUT2D eigenvalue weighted by Gasteiger charge is -2.43. The molecule has 1 fully saturated rings. The molecule has 0 aliphatic heterocycles. The first-order valence-electron chi connectivity index (χ1n) is 6.53. The summed E-state index contributed by atoms with van der Waals surface area (Å²) in [4.78, 5) is 13.7. The smallest absolute Gasteiger partial charge is 0.133 e. The highest BCUT2D eigenvalue weighted by molar-refractivity contribution is 6.30. The van der Waals surface area contributed by atoms with Crippen LogP contribution in [0.2, 0.25) is 5.02 Å². The van der Waals surface area contributed by atoms with Gasteiger partial charge in [-0.3, -0.25) is 9.69 Å². The van der Waals surface area contributed by atoms with Gasteiger partial charge in [0, 0.05) is 23.4 Å². The molecule has 0 spiro atoms. The summed E-state index contributed by atoms with van der Waals surface area (Å²) in [6, 6.07) is 5.71. The molecule has 0 amide bonds. The van der Waals surface area contributed by atoms with E-state index in [1.165, 1.54) is 0 Å². The monoisotopic (exact) mass is 281 g/mol. The molecule has 0 saturated heterocycles. The summed E-state index contributed by atoms with van der Waals surface area (Å²) in [6.07, 6.45) is 2.87. The Bertz CT molecular complexity index is 475. The Hall–Kier alpha value is -1.06. The van der Waals surface area contributed by atoms with Crippen molar-refractivity contribution in [3.05, 3.63) is 28.8 Å². The molecule has 0 bridgehead atoms. The summed E-state index contributed by atoms with van der Waals surface area (Å²) in [5, 5.41) is 0.703. The fourth-order valence-electron chi connectivity index (χ4n) is 2.94. The summed E-state index contributed by atoms with van der Waals surface area (Å²) in [6.45, 7) is 0. The summed E-state index contributed by atoms with van der Waals surface area (Å²) >= 11 is 6.15. The van der Waals surface area contributed by atoms with E-state index in [1.807, 2.05) is 18.2 Å². The highest BCUT2D eigenvalue weighted by atomic mass is 35.5. The molecular weight excluding hydrogens is 262 g/mol. The molecule has 1 aliphatic carbocycles. The number of ketones is 1. The van der Waals surface area contributed by atoms with Gasteiger partial charge in [-0.25, -0.2) is 0 Å². The number of hydrogen-bond donors (Lipinski definition) is 0. The highest BCUT2D eigenvalue weighted by Gasteiger charge is 2.40. The van der Waals surface area contributed by atoms with Crippen molar-refractivity contribution in [2.45, 2.75) is 31.2 Å². The molecule has 1 aromatic rings. The molecule has 0 unspecified atom stereocenters. The third kappa shape index (κ3) is 2.63. The number of benzene rings is 1. The van der Waals surface area contributed by atoms with Gasteiger partial charge in [-0.2, -0.15) is 0 Å². The normalized spacial score (nSPS) is 18.7. The van der Waals surface area contributed by atoms with Crippen molar-refractivity contribution < 1.29 is 9.53 Å². The molecule has 0 aromatic heterocycles. The molecule has 0 radical (unpaired) electrons. The number of carbonyl (C=O) groups excluding carboxylic acids is 1. The maximum absolute atomic E-state index is 11.6. The van der Waals surface area contributed by atoms with Crippen molar-refractivity contribution >= 4 is 17.4 Å². The molecule has 1 aromatic carbocycles. The van der Waals surface area contributed by atoms with Gasteiger partial charge in [-0.05, 0) is 45.1 Å². The summed E-state index contributed by atoms with van der Waals surface area (Å²) < 4.78 is 5.49. The van der Waals surface area contributed by atoms with E-state index in [1.54, 1.807) is 7.11 Å². The van der Waals surface area contributed by atoms with Gasteiger partial charge >= 0.3 is 0 Å². The first-order valence-corrected chi connectivity index (χ1v) is 6.90. The van der Waals surface area contributed by atoms with Crippen molar-refractivity contribution in [1.82, 2.24) is 4.90 Å². The molecule has 1 saturated carbocycles. The van der Waals surface area contributed by atoms with Crippen LogP contribution in [0.4, 0.5) is 0 Å². The van der Waals surface area contributed by atoms with Crippen molar-refractivity contribution in [3.63, 3.8) is 0 Å². The highest BCUT2D eigenvalue weighted by Crippen LogP contribution is 2.44. The average Bonchev–Trinajstić information content (AvgIpc) is 2.39. The predicted octanol–water partition coefficient (Wildman–Crippen LogP) is 3.25. The number of Topliss-reactive ketones (excluding diaryl/α,β-unsaturated/α-hetero) is 1. The van der Waals surface area contributed by atoms with Crippen LogP contribution in [0.25, 0.3) is 0 Å². The van der Waals surface area contributed by atoms with Crippen LogP contribution in [0.5, 0.6) is 5.75 Å². The van der Waals surface area contributed by atoms with E-state index in [2.05, 4.69) is 19.0 Å². The minimum atomic E-state index is -0.163. The molecule has 0 heterocycles. The Morgan fingerprint density at radius 3 is 2.42 bits per heavy atom. The second-order valence-electron chi connectivity index (χ2n) is 5.31.